The third-order valence-electron chi connectivity index (χ3n) is 2.36. The quantitative estimate of drug-likeness (QED) is 0.435. The van der Waals surface area contributed by atoms with Crippen molar-refractivity contribution in [3.05, 3.63) is 56.8 Å². The van der Waals surface area contributed by atoms with E-state index in [0.717, 1.165) is 0 Å². The van der Waals surface area contributed by atoms with E-state index in [1.54, 1.807) is 0 Å². The maximum Gasteiger partial charge on any atom is 0.147 e. The Morgan fingerprint density at radius 1 is 0.947 bits per heavy atom. The Labute approximate surface area is 133 Å². The summed E-state index contributed by atoms with van der Waals surface area (Å²) in [5.41, 5.74) is 0.669. The molecule has 100 valence electrons. The van der Waals surface area contributed by atoms with Crippen molar-refractivity contribution in [2.75, 3.05) is 0 Å². The highest BCUT2D eigenvalue weighted by molar-refractivity contribution is 9.08. The summed E-state index contributed by atoms with van der Waals surface area (Å²) in [6.07, 6.45) is 0. The first-order chi connectivity index (χ1) is 9.01. The molecule has 0 spiro atoms. The lowest BCUT2D eigenvalue weighted by Gasteiger charge is -2.12. The van der Waals surface area contributed by atoms with Crippen molar-refractivity contribution in [3.63, 3.8) is 0 Å². The van der Waals surface area contributed by atoms with Crippen LogP contribution in [0.5, 0.6) is 11.5 Å². The first-order valence-electron chi connectivity index (χ1n) is 5.18. The molecule has 0 amide bonds. The van der Waals surface area contributed by atoms with Gasteiger partial charge >= 0.3 is 0 Å². The summed E-state index contributed by atoms with van der Waals surface area (Å²) in [6.45, 7) is 0. The number of alkyl halides is 1. The Morgan fingerprint density at radius 2 is 1.63 bits per heavy atom. The molecule has 0 aliphatic heterocycles. The zero-order valence-corrected chi connectivity index (χ0v) is 13.2. The Hall–Kier alpha value is -0.480. The van der Waals surface area contributed by atoms with E-state index in [0.29, 0.717) is 37.5 Å². The largest absolute Gasteiger partial charge is 0.455 e. The normalized spacial score (nSPS) is 10.6. The van der Waals surface area contributed by atoms with Crippen LogP contribution in [-0.2, 0) is 5.33 Å². The lowest BCUT2D eigenvalue weighted by atomic mass is 10.2. The van der Waals surface area contributed by atoms with Crippen molar-refractivity contribution in [1.82, 2.24) is 0 Å². The molecule has 0 aliphatic carbocycles. The van der Waals surface area contributed by atoms with E-state index < -0.39 is 0 Å². The average Bonchev–Trinajstić information content (AvgIpc) is 2.37. The number of rotatable bonds is 3. The van der Waals surface area contributed by atoms with Crippen LogP contribution in [0.1, 0.15) is 5.56 Å². The van der Waals surface area contributed by atoms with E-state index >= 15 is 0 Å². The highest BCUT2D eigenvalue weighted by Crippen LogP contribution is 2.37. The molecule has 2 rings (SSSR count). The van der Waals surface area contributed by atoms with Gasteiger partial charge in [0.1, 0.15) is 17.3 Å². The minimum Gasteiger partial charge on any atom is -0.455 e. The second-order valence-corrected chi connectivity index (χ2v) is 5.47. The molecule has 0 radical (unpaired) electrons. The zero-order chi connectivity index (χ0) is 14.0. The van der Waals surface area contributed by atoms with Gasteiger partial charge < -0.3 is 4.74 Å². The van der Waals surface area contributed by atoms with Gasteiger partial charge in [-0.15, -0.1) is 0 Å². The predicted octanol–water partition coefficient (Wildman–Crippen LogP) is 6.47. The van der Waals surface area contributed by atoms with Gasteiger partial charge in [-0.1, -0.05) is 50.7 Å². The molecule has 2 aromatic rings. The SMILES string of the molecule is Fc1ccc(Oc2cc(Cl)c(Cl)cc2Cl)c(CBr)c1. The van der Waals surface area contributed by atoms with Gasteiger partial charge in [0.25, 0.3) is 0 Å². The molecule has 0 aliphatic rings. The Bertz CT molecular complexity index is 619. The summed E-state index contributed by atoms with van der Waals surface area (Å²) in [7, 11) is 0. The van der Waals surface area contributed by atoms with Crippen molar-refractivity contribution < 1.29 is 9.13 Å². The van der Waals surface area contributed by atoms with Crippen LogP contribution in [0, 0.1) is 5.82 Å². The molecule has 0 N–H and O–H groups in total. The molecule has 19 heavy (non-hydrogen) atoms. The molecule has 0 fully saturated rings. The first-order valence-corrected chi connectivity index (χ1v) is 7.43. The lowest BCUT2D eigenvalue weighted by Crippen LogP contribution is -1.91. The third-order valence-corrected chi connectivity index (χ3v) is 3.98. The predicted molar refractivity (Wildman–Crippen MR) is 80.6 cm³/mol. The molecule has 0 aromatic heterocycles. The van der Waals surface area contributed by atoms with Gasteiger partial charge in [-0.3, -0.25) is 0 Å². The van der Waals surface area contributed by atoms with Crippen LogP contribution >= 0.6 is 50.7 Å². The minimum absolute atomic E-state index is 0.331. The standard InChI is InChI=1S/C13H7BrCl3FO/c14-6-7-3-8(18)1-2-12(7)19-13-5-10(16)9(15)4-11(13)17/h1-5H,6H2. The van der Waals surface area contributed by atoms with E-state index in [-0.39, 0.29) is 5.82 Å². The van der Waals surface area contributed by atoms with Gasteiger partial charge in [0.05, 0.1) is 15.1 Å². The lowest BCUT2D eigenvalue weighted by molar-refractivity contribution is 0.476. The molecule has 0 heterocycles. The van der Waals surface area contributed by atoms with Crippen LogP contribution in [-0.4, -0.2) is 0 Å². The maximum atomic E-state index is 13.1. The number of benzene rings is 2. The fourth-order valence-corrected chi connectivity index (χ4v) is 2.47. The Kier molecular flexibility index (Phi) is 4.96. The van der Waals surface area contributed by atoms with Crippen molar-refractivity contribution >= 4 is 50.7 Å². The van der Waals surface area contributed by atoms with E-state index in [4.69, 9.17) is 39.5 Å². The summed E-state index contributed by atoms with van der Waals surface area (Å²) < 4.78 is 18.8. The fourth-order valence-electron chi connectivity index (χ4n) is 1.45. The topological polar surface area (TPSA) is 9.23 Å². The van der Waals surface area contributed by atoms with Gasteiger partial charge in [-0.05, 0) is 24.3 Å². The zero-order valence-electron chi connectivity index (χ0n) is 9.39. The molecular formula is C13H7BrCl3FO. The van der Waals surface area contributed by atoms with E-state index in [2.05, 4.69) is 15.9 Å². The maximum absolute atomic E-state index is 13.1. The molecule has 6 heteroatoms. The fraction of sp³-hybridized carbons (Fsp3) is 0.0769. The summed E-state index contributed by atoms with van der Waals surface area (Å²) >= 11 is 21.0. The van der Waals surface area contributed by atoms with E-state index in [1.807, 2.05) is 0 Å². The summed E-state index contributed by atoms with van der Waals surface area (Å²) in [5.74, 6) is 0.533. The van der Waals surface area contributed by atoms with Crippen LogP contribution in [0.4, 0.5) is 4.39 Å². The minimum atomic E-state index is -0.331. The monoisotopic (exact) mass is 382 g/mol. The van der Waals surface area contributed by atoms with Crippen LogP contribution in [0.2, 0.25) is 15.1 Å². The van der Waals surface area contributed by atoms with Crippen molar-refractivity contribution in [3.8, 4) is 11.5 Å². The highest BCUT2D eigenvalue weighted by Gasteiger charge is 2.11. The first kappa shape index (κ1) is 14.9. The van der Waals surface area contributed by atoms with Crippen LogP contribution in [0.15, 0.2) is 30.3 Å². The van der Waals surface area contributed by atoms with Crippen molar-refractivity contribution in [2.24, 2.45) is 0 Å². The Balaban J connectivity index is 2.39. The average molecular weight is 384 g/mol. The summed E-state index contributed by atoms with van der Waals surface area (Å²) in [5, 5.41) is 1.47. The smallest absolute Gasteiger partial charge is 0.147 e. The molecule has 0 bridgehead atoms. The molecule has 0 atom stereocenters. The molecule has 2 aromatic carbocycles. The van der Waals surface area contributed by atoms with Gasteiger partial charge in [0.2, 0.25) is 0 Å². The number of hydrogen-bond acceptors (Lipinski definition) is 1. The highest BCUT2D eigenvalue weighted by atomic mass is 79.9. The Morgan fingerprint density at radius 3 is 2.32 bits per heavy atom. The molecule has 0 unspecified atom stereocenters. The summed E-state index contributed by atoms with van der Waals surface area (Å²) in [4.78, 5) is 0. The van der Waals surface area contributed by atoms with Crippen LogP contribution in [0.3, 0.4) is 0 Å². The van der Waals surface area contributed by atoms with Crippen molar-refractivity contribution in [2.45, 2.75) is 5.33 Å². The van der Waals surface area contributed by atoms with Gasteiger partial charge in [-0.25, -0.2) is 4.39 Å². The van der Waals surface area contributed by atoms with Crippen LogP contribution in [0.25, 0.3) is 0 Å². The van der Waals surface area contributed by atoms with Gasteiger partial charge in [-0.2, -0.15) is 0 Å². The van der Waals surface area contributed by atoms with E-state index in [9.17, 15) is 4.39 Å². The molecular weight excluding hydrogens is 377 g/mol. The number of hydrogen-bond donors (Lipinski definition) is 0. The molecule has 0 saturated carbocycles. The van der Waals surface area contributed by atoms with E-state index in [1.165, 1.54) is 30.3 Å². The molecule has 0 saturated heterocycles. The second kappa shape index (κ2) is 6.31. The number of ether oxygens (including phenoxy) is 1. The molecule has 1 nitrogen and oxygen atoms in total. The number of halogens is 5. The second-order valence-electron chi connectivity index (χ2n) is 3.68. The van der Waals surface area contributed by atoms with Crippen LogP contribution < -0.4 is 4.74 Å². The van der Waals surface area contributed by atoms with Gasteiger partial charge in [0, 0.05) is 17.0 Å². The van der Waals surface area contributed by atoms with Crippen molar-refractivity contribution in [1.29, 1.82) is 0 Å². The summed E-state index contributed by atoms with van der Waals surface area (Å²) in [6, 6.07) is 7.25. The third kappa shape index (κ3) is 3.54. The van der Waals surface area contributed by atoms with Gasteiger partial charge in [0.15, 0.2) is 0 Å².